The van der Waals surface area contributed by atoms with Gasteiger partial charge in [-0.2, -0.15) is 4.80 Å². The molecule has 1 atom stereocenters. The first-order valence-corrected chi connectivity index (χ1v) is 3.99. The predicted molar refractivity (Wildman–Crippen MR) is 43.7 cm³/mol. The Morgan fingerprint density at radius 2 is 2.15 bits per heavy atom. The lowest BCUT2D eigenvalue weighted by atomic mass is 10.1. The maximum atomic E-state index is 12.0. The molecule has 0 amide bonds. The molecule has 13 heavy (non-hydrogen) atoms. The maximum Gasteiger partial charge on any atom is 0.205 e. The summed E-state index contributed by atoms with van der Waals surface area (Å²) in [5.41, 5.74) is -0.304. The summed E-state index contributed by atoms with van der Waals surface area (Å²) >= 11 is 0. The van der Waals surface area contributed by atoms with Crippen molar-refractivity contribution in [1.29, 1.82) is 0 Å². The van der Waals surface area contributed by atoms with Crippen LogP contribution in [-0.2, 0) is 5.54 Å². The molecule has 0 bridgehead atoms. The molecule has 1 N–H and O–H groups in total. The summed E-state index contributed by atoms with van der Waals surface area (Å²) in [4.78, 5) is 1.35. The number of aromatic nitrogens is 4. The lowest BCUT2D eigenvalue weighted by molar-refractivity contribution is 0.132. The van der Waals surface area contributed by atoms with Crippen LogP contribution in [0.4, 0.5) is 4.39 Å². The van der Waals surface area contributed by atoms with Crippen LogP contribution in [-0.4, -0.2) is 32.0 Å². The minimum Gasteiger partial charge on any atom is -0.382 e. The number of alkyl halides is 1. The first-order chi connectivity index (χ1) is 5.95. The number of aliphatic hydroxyl groups is 1. The third kappa shape index (κ3) is 2.21. The highest BCUT2D eigenvalue weighted by molar-refractivity contribution is 4.84. The number of tetrazole rings is 1. The van der Waals surface area contributed by atoms with Crippen LogP contribution in [0.15, 0.2) is 0 Å². The van der Waals surface area contributed by atoms with E-state index < -0.39 is 12.8 Å². The van der Waals surface area contributed by atoms with Gasteiger partial charge in [-0.15, -0.1) is 10.2 Å². The van der Waals surface area contributed by atoms with Crippen molar-refractivity contribution < 1.29 is 9.50 Å². The summed E-state index contributed by atoms with van der Waals surface area (Å²) in [5.74, 6) is 0.0254. The lowest BCUT2D eigenvalue weighted by Gasteiger charge is -2.15. The first-order valence-electron chi connectivity index (χ1n) is 3.99. The van der Waals surface area contributed by atoms with Crippen molar-refractivity contribution in [2.24, 2.45) is 0 Å². The van der Waals surface area contributed by atoms with Crippen LogP contribution < -0.4 is 0 Å². The number of aliphatic hydroxyl groups excluding tert-OH is 1. The van der Waals surface area contributed by atoms with E-state index in [1.165, 1.54) is 4.80 Å². The zero-order valence-corrected chi connectivity index (χ0v) is 7.90. The molecule has 0 aliphatic rings. The molecule has 1 unspecified atom stereocenters. The van der Waals surface area contributed by atoms with Crippen LogP contribution in [0.2, 0.25) is 0 Å². The fourth-order valence-corrected chi connectivity index (χ4v) is 0.712. The van der Waals surface area contributed by atoms with Gasteiger partial charge in [0.25, 0.3) is 0 Å². The van der Waals surface area contributed by atoms with Gasteiger partial charge in [0.1, 0.15) is 12.8 Å². The molecule has 0 saturated heterocycles. The highest BCUT2D eigenvalue weighted by Gasteiger charge is 2.20. The normalized spacial score (nSPS) is 14.5. The molecular weight excluding hydrogens is 175 g/mol. The zero-order valence-electron chi connectivity index (χ0n) is 7.90. The second-order valence-corrected chi connectivity index (χ2v) is 3.78. The van der Waals surface area contributed by atoms with E-state index in [1.54, 1.807) is 0 Å². The number of hydrogen-bond acceptors (Lipinski definition) is 4. The Hall–Kier alpha value is -1.04. The Morgan fingerprint density at radius 3 is 2.54 bits per heavy atom. The van der Waals surface area contributed by atoms with Gasteiger partial charge in [-0.05, 0) is 26.0 Å². The Balaban J connectivity index is 2.87. The fourth-order valence-electron chi connectivity index (χ4n) is 0.712. The Labute approximate surface area is 75.6 Å². The van der Waals surface area contributed by atoms with E-state index in [0.717, 1.165) is 0 Å². The van der Waals surface area contributed by atoms with E-state index in [2.05, 4.69) is 15.4 Å². The van der Waals surface area contributed by atoms with Gasteiger partial charge in [0, 0.05) is 0 Å². The molecule has 0 aromatic carbocycles. The maximum absolute atomic E-state index is 12.0. The van der Waals surface area contributed by atoms with E-state index in [1.807, 2.05) is 20.8 Å². The van der Waals surface area contributed by atoms with E-state index in [0.29, 0.717) is 0 Å². The Morgan fingerprint density at radius 1 is 1.54 bits per heavy atom. The second kappa shape index (κ2) is 3.37. The molecule has 0 spiro atoms. The van der Waals surface area contributed by atoms with Gasteiger partial charge in [-0.1, -0.05) is 0 Å². The van der Waals surface area contributed by atoms with E-state index in [-0.39, 0.29) is 11.4 Å². The highest BCUT2D eigenvalue weighted by Crippen LogP contribution is 2.12. The van der Waals surface area contributed by atoms with Crippen molar-refractivity contribution in [3.05, 3.63) is 5.82 Å². The zero-order chi connectivity index (χ0) is 10.1. The van der Waals surface area contributed by atoms with Crippen LogP contribution in [0.3, 0.4) is 0 Å². The van der Waals surface area contributed by atoms with Gasteiger partial charge in [-0.25, -0.2) is 4.39 Å². The van der Waals surface area contributed by atoms with E-state index in [4.69, 9.17) is 5.11 Å². The Kier molecular flexibility index (Phi) is 2.60. The molecule has 1 aromatic heterocycles. The molecule has 0 radical (unpaired) electrons. The Bertz CT molecular complexity index is 280. The molecule has 74 valence electrons. The summed E-state index contributed by atoms with van der Waals surface area (Å²) in [7, 11) is 0. The highest BCUT2D eigenvalue weighted by atomic mass is 19.1. The largest absolute Gasteiger partial charge is 0.382 e. The third-order valence-corrected chi connectivity index (χ3v) is 1.47. The fraction of sp³-hybridized carbons (Fsp3) is 0.857. The standard InChI is InChI=1S/C7H13FN4O/c1-7(2,3)12-10-6(9-11-12)5(13)4-8/h5,13H,4H2,1-3H3. The number of hydrogen-bond donors (Lipinski definition) is 1. The molecule has 1 rings (SSSR count). The van der Waals surface area contributed by atoms with Gasteiger partial charge in [0.15, 0.2) is 0 Å². The summed E-state index contributed by atoms with van der Waals surface area (Å²) in [6, 6.07) is 0. The van der Waals surface area contributed by atoms with Gasteiger partial charge in [0.05, 0.1) is 5.54 Å². The minimum atomic E-state index is -1.27. The van der Waals surface area contributed by atoms with Crippen molar-refractivity contribution in [2.45, 2.75) is 32.4 Å². The monoisotopic (exact) mass is 188 g/mol. The third-order valence-electron chi connectivity index (χ3n) is 1.47. The molecule has 0 fully saturated rings. The smallest absolute Gasteiger partial charge is 0.205 e. The predicted octanol–water partition coefficient (Wildman–Crippen LogP) is 0.431. The quantitative estimate of drug-likeness (QED) is 0.731. The van der Waals surface area contributed by atoms with E-state index in [9.17, 15) is 4.39 Å². The molecule has 5 nitrogen and oxygen atoms in total. The van der Waals surface area contributed by atoms with Gasteiger partial charge in [-0.3, -0.25) is 0 Å². The SMILES string of the molecule is CC(C)(C)n1nnc(C(O)CF)n1. The van der Waals surface area contributed by atoms with Gasteiger partial charge < -0.3 is 5.11 Å². The van der Waals surface area contributed by atoms with Crippen molar-refractivity contribution in [3.63, 3.8) is 0 Å². The summed E-state index contributed by atoms with van der Waals surface area (Å²) in [6.07, 6.45) is -1.27. The summed E-state index contributed by atoms with van der Waals surface area (Å²) in [6.45, 7) is 4.77. The molecule has 1 heterocycles. The second-order valence-electron chi connectivity index (χ2n) is 3.78. The van der Waals surface area contributed by atoms with Gasteiger partial charge in [0.2, 0.25) is 5.82 Å². The molecule has 0 aliphatic heterocycles. The average molecular weight is 188 g/mol. The number of halogens is 1. The first kappa shape index (κ1) is 10.0. The summed E-state index contributed by atoms with van der Waals surface area (Å²) < 4.78 is 12.0. The lowest BCUT2D eigenvalue weighted by Crippen LogP contribution is -2.24. The van der Waals surface area contributed by atoms with Crippen molar-refractivity contribution in [3.8, 4) is 0 Å². The van der Waals surface area contributed by atoms with Crippen LogP contribution in [0.25, 0.3) is 0 Å². The number of rotatable bonds is 2. The minimum absolute atomic E-state index is 0.0254. The van der Waals surface area contributed by atoms with Gasteiger partial charge >= 0.3 is 0 Å². The molecular formula is C7H13FN4O. The molecule has 1 aromatic rings. The summed E-state index contributed by atoms with van der Waals surface area (Å²) in [5, 5.41) is 20.2. The molecule has 0 aliphatic carbocycles. The average Bonchev–Trinajstić information content (AvgIpc) is 2.50. The van der Waals surface area contributed by atoms with Crippen LogP contribution in [0, 0.1) is 0 Å². The van der Waals surface area contributed by atoms with E-state index >= 15 is 0 Å². The van der Waals surface area contributed by atoms with Crippen molar-refractivity contribution in [1.82, 2.24) is 20.2 Å². The van der Waals surface area contributed by atoms with Crippen LogP contribution >= 0.6 is 0 Å². The number of nitrogens with zero attached hydrogens (tertiary/aromatic N) is 4. The van der Waals surface area contributed by atoms with Crippen LogP contribution in [0.5, 0.6) is 0 Å². The van der Waals surface area contributed by atoms with Crippen molar-refractivity contribution >= 4 is 0 Å². The molecule has 0 saturated carbocycles. The topological polar surface area (TPSA) is 63.8 Å². The molecule has 6 heteroatoms. The van der Waals surface area contributed by atoms with Crippen LogP contribution in [0.1, 0.15) is 32.7 Å². The van der Waals surface area contributed by atoms with Crippen molar-refractivity contribution in [2.75, 3.05) is 6.67 Å².